The third-order valence-electron chi connectivity index (χ3n) is 4.02. The van der Waals surface area contributed by atoms with Crippen molar-refractivity contribution in [3.8, 4) is 0 Å². The van der Waals surface area contributed by atoms with Crippen molar-refractivity contribution >= 4 is 46.0 Å². The Bertz CT molecular complexity index is 962. The maximum Gasteiger partial charge on any atom is 0.248 e. The van der Waals surface area contributed by atoms with Gasteiger partial charge in [-0.05, 0) is 30.7 Å². The molecule has 8 heteroatoms. The van der Waals surface area contributed by atoms with Crippen molar-refractivity contribution in [1.82, 2.24) is 5.32 Å². The first-order valence-corrected chi connectivity index (χ1v) is 9.77. The molecule has 1 aliphatic rings. The van der Waals surface area contributed by atoms with Gasteiger partial charge in [-0.25, -0.2) is 9.38 Å². The molecule has 1 heterocycles. The van der Waals surface area contributed by atoms with Gasteiger partial charge in [-0.1, -0.05) is 59.2 Å². The van der Waals surface area contributed by atoms with Crippen LogP contribution in [0.3, 0.4) is 0 Å². The number of thioether (sulfide) groups is 1. The van der Waals surface area contributed by atoms with Crippen molar-refractivity contribution < 1.29 is 9.18 Å². The predicted molar refractivity (Wildman–Crippen MR) is 109 cm³/mol. The minimum Gasteiger partial charge on any atom is -0.366 e. The number of primary amides is 1. The fraction of sp³-hybridized carbons (Fsp3) is 0.158. The summed E-state index contributed by atoms with van der Waals surface area (Å²) in [5, 5.41) is 4.38. The molecule has 0 aromatic heterocycles. The number of rotatable bonds is 4. The first-order chi connectivity index (χ1) is 12.9. The van der Waals surface area contributed by atoms with Gasteiger partial charge in [0.1, 0.15) is 11.9 Å². The molecule has 3 N–H and O–H groups in total. The van der Waals surface area contributed by atoms with E-state index >= 15 is 0 Å². The standard InChI is InChI=1S/C19H16Cl2FN3OS/c1-10-15(18(23)26)17(13-6-3-7-14(20)16(13)21)25-19(24-10)27-9-11-4-2-5-12(22)8-11/h2-8,17H,9H2,1H3,(H2,23,26)(H,24,25)/t17-/m1/s1. The quantitative estimate of drug-likeness (QED) is 0.739. The lowest BCUT2D eigenvalue weighted by Gasteiger charge is -2.26. The molecule has 1 amide bonds. The number of carbonyl (C=O) groups excluding carboxylic acids is 1. The first kappa shape index (κ1) is 19.7. The highest BCUT2D eigenvalue weighted by Crippen LogP contribution is 2.38. The summed E-state index contributed by atoms with van der Waals surface area (Å²) in [6.07, 6.45) is 0. The second-order valence-corrected chi connectivity index (χ2v) is 7.68. The van der Waals surface area contributed by atoms with Crippen LogP contribution in [-0.2, 0) is 10.5 Å². The van der Waals surface area contributed by atoms with E-state index in [0.717, 1.165) is 5.56 Å². The van der Waals surface area contributed by atoms with Crippen molar-refractivity contribution in [2.45, 2.75) is 18.7 Å². The molecule has 0 radical (unpaired) electrons. The van der Waals surface area contributed by atoms with Gasteiger partial charge in [0.05, 0.1) is 15.6 Å². The molecular formula is C19H16Cl2FN3OS. The normalized spacial score (nSPS) is 16.7. The second kappa shape index (κ2) is 8.33. The average molecular weight is 424 g/mol. The zero-order valence-electron chi connectivity index (χ0n) is 14.3. The van der Waals surface area contributed by atoms with Crippen molar-refractivity contribution in [2.24, 2.45) is 10.7 Å². The number of halogens is 3. The van der Waals surface area contributed by atoms with E-state index in [2.05, 4.69) is 10.3 Å². The number of carbonyl (C=O) groups is 1. The van der Waals surface area contributed by atoms with E-state index in [-0.39, 0.29) is 5.82 Å². The number of benzene rings is 2. The summed E-state index contributed by atoms with van der Waals surface area (Å²) in [6, 6.07) is 10.9. The molecule has 0 saturated heterocycles. The molecule has 140 valence electrons. The van der Waals surface area contributed by atoms with Crippen LogP contribution in [0.25, 0.3) is 0 Å². The van der Waals surface area contributed by atoms with Crippen LogP contribution in [0.15, 0.2) is 58.7 Å². The molecular weight excluding hydrogens is 408 g/mol. The minimum atomic E-state index is -0.662. The van der Waals surface area contributed by atoms with Gasteiger partial charge < -0.3 is 11.1 Å². The number of amides is 1. The van der Waals surface area contributed by atoms with E-state index in [4.69, 9.17) is 28.9 Å². The summed E-state index contributed by atoms with van der Waals surface area (Å²) in [5.41, 5.74) is 7.92. The van der Waals surface area contributed by atoms with E-state index in [1.54, 1.807) is 31.2 Å². The van der Waals surface area contributed by atoms with Crippen molar-refractivity contribution in [3.05, 3.63) is 80.7 Å². The molecule has 0 unspecified atom stereocenters. The van der Waals surface area contributed by atoms with E-state index in [1.807, 2.05) is 6.07 Å². The van der Waals surface area contributed by atoms with Crippen LogP contribution in [0, 0.1) is 5.82 Å². The van der Waals surface area contributed by atoms with Gasteiger partial charge in [0.15, 0.2) is 5.17 Å². The fourth-order valence-electron chi connectivity index (χ4n) is 2.77. The van der Waals surface area contributed by atoms with Gasteiger partial charge in [0.25, 0.3) is 0 Å². The molecule has 27 heavy (non-hydrogen) atoms. The highest BCUT2D eigenvalue weighted by Gasteiger charge is 2.29. The lowest BCUT2D eigenvalue weighted by atomic mass is 9.96. The highest BCUT2D eigenvalue weighted by atomic mass is 35.5. The SMILES string of the molecule is CC1=C(C(N)=O)[C@@H](c2cccc(Cl)c2Cl)N=C(SCc2cccc(F)c2)N1. The predicted octanol–water partition coefficient (Wildman–Crippen LogP) is 4.83. The molecule has 4 nitrogen and oxygen atoms in total. The van der Waals surface area contributed by atoms with Crippen LogP contribution in [0.2, 0.25) is 10.0 Å². The summed E-state index contributed by atoms with van der Waals surface area (Å²) in [7, 11) is 0. The van der Waals surface area contributed by atoms with Crippen molar-refractivity contribution in [1.29, 1.82) is 0 Å². The fourth-order valence-corrected chi connectivity index (χ4v) is 4.07. The Labute approximate surface area is 170 Å². The van der Waals surface area contributed by atoms with Crippen LogP contribution in [0.5, 0.6) is 0 Å². The molecule has 1 aliphatic heterocycles. The number of amidine groups is 1. The van der Waals surface area contributed by atoms with E-state index in [9.17, 15) is 9.18 Å². The zero-order valence-corrected chi connectivity index (χ0v) is 16.6. The molecule has 2 aromatic carbocycles. The lowest BCUT2D eigenvalue weighted by molar-refractivity contribution is -0.114. The van der Waals surface area contributed by atoms with Crippen LogP contribution in [0.1, 0.15) is 24.1 Å². The Morgan fingerprint density at radius 3 is 2.74 bits per heavy atom. The number of nitrogens with two attached hydrogens (primary N) is 1. The lowest BCUT2D eigenvalue weighted by Crippen LogP contribution is -2.32. The number of nitrogens with one attached hydrogen (secondary N) is 1. The number of nitrogens with zero attached hydrogens (tertiary/aromatic N) is 1. The Balaban J connectivity index is 1.92. The van der Waals surface area contributed by atoms with Crippen LogP contribution >= 0.6 is 35.0 Å². The number of hydrogen-bond acceptors (Lipinski definition) is 4. The molecule has 1 atom stereocenters. The molecule has 2 aromatic rings. The van der Waals surface area contributed by atoms with Crippen LogP contribution < -0.4 is 11.1 Å². The van der Waals surface area contributed by atoms with Gasteiger partial charge >= 0.3 is 0 Å². The largest absolute Gasteiger partial charge is 0.366 e. The van der Waals surface area contributed by atoms with Gasteiger partial charge in [-0.2, -0.15) is 0 Å². The molecule has 0 saturated carbocycles. The zero-order chi connectivity index (χ0) is 19.6. The van der Waals surface area contributed by atoms with Crippen LogP contribution in [-0.4, -0.2) is 11.1 Å². The molecule has 0 aliphatic carbocycles. The number of aliphatic imine (C=N–C) groups is 1. The van der Waals surface area contributed by atoms with Gasteiger partial charge in [-0.3, -0.25) is 4.79 Å². The van der Waals surface area contributed by atoms with E-state index < -0.39 is 11.9 Å². The average Bonchev–Trinajstić information content (AvgIpc) is 2.61. The third kappa shape index (κ3) is 4.46. The topological polar surface area (TPSA) is 67.5 Å². The Hall–Kier alpha value is -2.02. The molecule has 0 fully saturated rings. The summed E-state index contributed by atoms with van der Waals surface area (Å²) >= 11 is 13.9. The minimum absolute atomic E-state index is 0.290. The Morgan fingerprint density at radius 1 is 1.30 bits per heavy atom. The summed E-state index contributed by atoms with van der Waals surface area (Å²) in [6.45, 7) is 1.75. The molecule has 3 rings (SSSR count). The van der Waals surface area contributed by atoms with Gasteiger partial charge in [0.2, 0.25) is 5.91 Å². The maximum absolute atomic E-state index is 13.4. The Morgan fingerprint density at radius 2 is 2.04 bits per heavy atom. The summed E-state index contributed by atoms with van der Waals surface area (Å²) < 4.78 is 13.4. The first-order valence-electron chi connectivity index (χ1n) is 8.03. The van der Waals surface area contributed by atoms with Gasteiger partial charge in [0, 0.05) is 17.0 Å². The van der Waals surface area contributed by atoms with E-state index in [0.29, 0.717) is 37.8 Å². The monoisotopic (exact) mass is 423 g/mol. The smallest absolute Gasteiger partial charge is 0.248 e. The molecule has 0 spiro atoms. The third-order valence-corrected chi connectivity index (χ3v) is 5.82. The summed E-state index contributed by atoms with van der Waals surface area (Å²) in [4.78, 5) is 16.6. The van der Waals surface area contributed by atoms with Crippen molar-refractivity contribution in [2.75, 3.05) is 0 Å². The highest BCUT2D eigenvalue weighted by molar-refractivity contribution is 8.13. The van der Waals surface area contributed by atoms with E-state index in [1.165, 1.54) is 23.9 Å². The maximum atomic E-state index is 13.4. The number of allylic oxidation sites excluding steroid dienone is 1. The molecule has 0 bridgehead atoms. The Kier molecular flexibility index (Phi) is 6.09. The number of hydrogen-bond donors (Lipinski definition) is 2. The van der Waals surface area contributed by atoms with Crippen molar-refractivity contribution in [3.63, 3.8) is 0 Å². The summed E-state index contributed by atoms with van der Waals surface area (Å²) in [5.74, 6) is -0.361. The second-order valence-electron chi connectivity index (χ2n) is 5.93. The van der Waals surface area contributed by atoms with Gasteiger partial charge in [-0.15, -0.1) is 0 Å². The van der Waals surface area contributed by atoms with Crippen LogP contribution in [0.4, 0.5) is 4.39 Å².